The molecular weight excluding hydrogens is 212 g/mol. The summed E-state index contributed by atoms with van der Waals surface area (Å²) in [4.78, 5) is 13.5. The Morgan fingerprint density at radius 3 is 3.00 bits per heavy atom. The zero-order chi connectivity index (χ0) is 11.0. The number of hydrogen-bond donors (Lipinski definition) is 1. The molecule has 4 heteroatoms. The van der Waals surface area contributed by atoms with Crippen LogP contribution in [0.5, 0.6) is 0 Å². The second kappa shape index (κ2) is 3.83. The van der Waals surface area contributed by atoms with Gasteiger partial charge >= 0.3 is 0 Å². The van der Waals surface area contributed by atoms with Crippen molar-refractivity contribution in [1.29, 1.82) is 0 Å². The number of nitrogens with zero attached hydrogens (tertiary/aromatic N) is 1. The van der Waals surface area contributed by atoms with Gasteiger partial charge < -0.3 is 10.6 Å². The van der Waals surface area contributed by atoms with Gasteiger partial charge in [0.15, 0.2) is 0 Å². The quantitative estimate of drug-likeness (QED) is 0.787. The highest BCUT2D eigenvalue weighted by Gasteiger charge is 2.27. The molecule has 15 heavy (non-hydrogen) atoms. The zero-order valence-corrected chi connectivity index (χ0v) is 9.29. The van der Waals surface area contributed by atoms with E-state index in [1.54, 1.807) is 11.8 Å². The number of carbonyl (C=O) groups is 1. The number of amides is 1. The van der Waals surface area contributed by atoms with Gasteiger partial charge in [-0.2, -0.15) is 0 Å². The molecular formula is C11H13ClN2O. The van der Waals surface area contributed by atoms with Crippen LogP contribution in [-0.2, 0) is 11.2 Å². The van der Waals surface area contributed by atoms with Crippen LogP contribution in [0, 0.1) is 0 Å². The summed E-state index contributed by atoms with van der Waals surface area (Å²) in [6, 6.07) is 5.15. The van der Waals surface area contributed by atoms with Crippen LogP contribution in [0.4, 0.5) is 5.69 Å². The number of rotatable bonds is 1. The van der Waals surface area contributed by atoms with Crippen LogP contribution < -0.4 is 10.6 Å². The summed E-state index contributed by atoms with van der Waals surface area (Å²) >= 11 is 6.05. The zero-order valence-electron chi connectivity index (χ0n) is 8.53. The molecule has 1 aromatic carbocycles. The third-order valence-electron chi connectivity index (χ3n) is 2.63. The second-order valence-electron chi connectivity index (χ2n) is 3.77. The van der Waals surface area contributed by atoms with E-state index in [0.717, 1.165) is 22.7 Å². The van der Waals surface area contributed by atoms with Crippen molar-refractivity contribution in [3.05, 3.63) is 28.8 Å². The highest BCUT2D eigenvalue weighted by atomic mass is 35.5. The van der Waals surface area contributed by atoms with Crippen molar-refractivity contribution in [3.63, 3.8) is 0 Å². The van der Waals surface area contributed by atoms with Crippen LogP contribution >= 0.6 is 11.6 Å². The molecule has 0 saturated carbocycles. The molecule has 1 aliphatic heterocycles. The first kappa shape index (κ1) is 10.5. The standard InChI is InChI=1S/C11H13ClN2O/c1-7(13)11(15)14-6-5-8-9(12)3-2-4-10(8)14/h2-4,7H,5-6,13H2,1H3/t7-/m1/s1. The van der Waals surface area contributed by atoms with Crippen molar-refractivity contribution >= 4 is 23.2 Å². The van der Waals surface area contributed by atoms with Gasteiger partial charge in [0, 0.05) is 17.3 Å². The Balaban J connectivity index is 2.37. The average molecular weight is 225 g/mol. The number of benzene rings is 1. The average Bonchev–Trinajstić information content (AvgIpc) is 2.61. The van der Waals surface area contributed by atoms with E-state index in [4.69, 9.17) is 17.3 Å². The lowest BCUT2D eigenvalue weighted by Gasteiger charge is -2.19. The monoisotopic (exact) mass is 224 g/mol. The molecule has 0 bridgehead atoms. The van der Waals surface area contributed by atoms with E-state index in [1.165, 1.54) is 0 Å². The summed E-state index contributed by atoms with van der Waals surface area (Å²) in [5, 5.41) is 0.729. The molecule has 0 fully saturated rings. The molecule has 0 saturated heterocycles. The summed E-state index contributed by atoms with van der Waals surface area (Å²) in [5.74, 6) is -0.0454. The Morgan fingerprint density at radius 1 is 1.60 bits per heavy atom. The lowest BCUT2D eigenvalue weighted by molar-refractivity contribution is -0.119. The smallest absolute Gasteiger partial charge is 0.243 e. The fourth-order valence-electron chi connectivity index (χ4n) is 1.87. The lowest BCUT2D eigenvalue weighted by atomic mass is 10.2. The minimum atomic E-state index is -0.463. The van der Waals surface area contributed by atoms with Crippen molar-refractivity contribution in [1.82, 2.24) is 0 Å². The third-order valence-corrected chi connectivity index (χ3v) is 2.98. The molecule has 2 rings (SSSR count). The Bertz CT molecular complexity index is 404. The SMILES string of the molecule is C[C@@H](N)C(=O)N1CCc2c(Cl)cccc21. The number of hydrogen-bond acceptors (Lipinski definition) is 2. The van der Waals surface area contributed by atoms with Gasteiger partial charge in [-0.25, -0.2) is 0 Å². The van der Waals surface area contributed by atoms with E-state index >= 15 is 0 Å². The van der Waals surface area contributed by atoms with Crippen LogP contribution in [0.2, 0.25) is 5.02 Å². The van der Waals surface area contributed by atoms with Crippen LogP contribution in [0.3, 0.4) is 0 Å². The van der Waals surface area contributed by atoms with Crippen LogP contribution in [-0.4, -0.2) is 18.5 Å². The molecule has 3 nitrogen and oxygen atoms in total. The normalized spacial score (nSPS) is 16.3. The van der Waals surface area contributed by atoms with Crippen molar-refractivity contribution in [3.8, 4) is 0 Å². The maximum atomic E-state index is 11.8. The first-order chi connectivity index (χ1) is 7.11. The van der Waals surface area contributed by atoms with E-state index < -0.39 is 6.04 Å². The summed E-state index contributed by atoms with van der Waals surface area (Å²) in [6.07, 6.45) is 0.813. The fraction of sp³-hybridized carbons (Fsp3) is 0.364. The number of halogens is 1. The third kappa shape index (κ3) is 1.73. The molecule has 1 atom stereocenters. The van der Waals surface area contributed by atoms with Gasteiger partial charge in [0.2, 0.25) is 5.91 Å². The van der Waals surface area contributed by atoms with Crippen LogP contribution in [0.25, 0.3) is 0 Å². The van der Waals surface area contributed by atoms with Gasteiger partial charge in [-0.15, -0.1) is 0 Å². The Hall–Kier alpha value is -1.06. The van der Waals surface area contributed by atoms with Crippen molar-refractivity contribution in [2.75, 3.05) is 11.4 Å². The minimum Gasteiger partial charge on any atom is -0.320 e. The highest BCUT2D eigenvalue weighted by Crippen LogP contribution is 2.33. The molecule has 1 amide bonds. The Kier molecular flexibility index (Phi) is 2.67. The van der Waals surface area contributed by atoms with Gasteiger partial charge in [-0.05, 0) is 31.0 Å². The van der Waals surface area contributed by atoms with Gasteiger partial charge in [-0.3, -0.25) is 4.79 Å². The van der Waals surface area contributed by atoms with Crippen molar-refractivity contribution < 1.29 is 4.79 Å². The minimum absolute atomic E-state index is 0.0454. The second-order valence-corrected chi connectivity index (χ2v) is 4.17. The number of fused-ring (bicyclic) bond motifs is 1. The highest BCUT2D eigenvalue weighted by molar-refractivity contribution is 6.32. The van der Waals surface area contributed by atoms with Gasteiger partial charge in [-0.1, -0.05) is 17.7 Å². The number of anilines is 1. The van der Waals surface area contributed by atoms with E-state index in [1.807, 2.05) is 18.2 Å². The molecule has 0 unspecified atom stereocenters. The van der Waals surface area contributed by atoms with Crippen LogP contribution in [0.1, 0.15) is 12.5 Å². The predicted octanol–water partition coefficient (Wildman–Crippen LogP) is 1.58. The van der Waals surface area contributed by atoms with E-state index in [0.29, 0.717) is 6.54 Å². The topological polar surface area (TPSA) is 46.3 Å². The summed E-state index contributed by atoms with van der Waals surface area (Å²) in [6.45, 7) is 2.38. The van der Waals surface area contributed by atoms with Crippen LogP contribution in [0.15, 0.2) is 18.2 Å². The van der Waals surface area contributed by atoms with Crippen molar-refractivity contribution in [2.24, 2.45) is 5.73 Å². The fourth-order valence-corrected chi connectivity index (χ4v) is 2.13. The number of nitrogens with two attached hydrogens (primary N) is 1. The largest absolute Gasteiger partial charge is 0.320 e. The molecule has 80 valence electrons. The molecule has 2 N–H and O–H groups in total. The van der Waals surface area contributed by atoms with E-state index in [9.17, 15) is 4.79 Å². The first-order valence-electron chi connectivity index (χ1n) is 4.95. The molecule has 1 aromatic rings. The van der Waals surface area contributed by atoms with Crippen molar-refractivity contribution in [2.45, 2.75) is 19.4 Å². The molecule has 0 aliphatic carbocycles. The predicted molar refractivity (Wildman–Crippen MR) is 61.2 cm³/mol. The molecule has 0 aromatic heterocycles. The Labute approximate surface area is 93.8 Å². The van der Waals surface area contributed by atoms with Gasteiger partial charge in [0.1, 0.15) is 0 Å². The first-order valence-corrected chi connectivity index (χ1v) is 5.33. The van der Waals surface area contributed by atoms with E-state index in [-0.39, 0.29) is 5.91 Å². The molecule has 0 spiro atoms. The molecule has 0 radical (unpaired) electrons. The van der Waals surface area contributed by atoms with Gasteiger partial charge in [0.05, 0.1) is 6.04 Å². The summed E-state index contributed by atoms with van der Waals surface area (Å²) in [7, 11) is 0. The Morgan fingerprint density at radius 2 is 2.33 bits per heavy atom. The van der Waals surface area contributed by atoms with Gasteiger partial charge in [0.25, 0.3) is 0 Å². The van der Waals surface area contributed by atoms with E-state index in [2.05, 4.69) is 0 Å². The molecule has 1 heterocycles. The summed E-state index contributed by atoms with van der Waals surface area (Å²) < 4.78 is 0. The maximum Gasteiger partial charge on any atom is 0.243 e. The maximum absolute atomic E-state index is 11.8. The summed E-state index contributed by atoms with van der Waals surface area (Å²) in [5.41, 5.74) is 7.54. The molecule has 1 aliphatic rings. The lowest BCUT2D eigenvalue weighted by Crippen LogP contribution is -2.41. The number of carbonyl (C=O) groups excluding carboxylic acids is 1.